The molecule has 2 aromatic carbocycles. The number of hydrogen-bond acceptors (Lipinski definition) is 4. The number of alkyl halides is 3. The van der Waals surface area contributed by atoms with Crippen molar-refractivity contribution in [2.45, 2.75) is 12.4 Å². The fraction of sp³-hybridized carbons (Fsp3) is 0.133. The molecule has 128 valence electrons. The van der Waals surface area contributed by atoms with Crippen molar-refractivity contribution in [3.63, 3.8) is 0 Å². The molecule has 0 heterocycles. The number of nitrogens with two attached hydrogens (primary N) is 1. The van der Waals surface area contributed by atoms with Gasteiger partial charge in [-0.3, -0.25) is 0 Å². The molecular formula is C15H11BrF3NO4. The van der Waals surface area contributed by atoms with Crippen molar-refractivity contribution in [3.05, 3.63) is 57.6 Å². The van der Waals surface area contributed by atoms with Crippen LogP contribution in [0, 0.1) is 0 Å². The number of hydrogen-bond donors (Lipinski definition) is 3. The average Bonchev–Trinajstić information content (AvgIpc) is 2.45. The van der Waals surface area contributed by atoms with Gasteiger partial charge in [-0.2, -0.15) is 0 Å². The quantitative estimate of drug-likeness (QED) is 0.719. The Labute approximate surface area is 142 Å². The lowest BCUT2D eigenvalue weighted by atomic mass is 9.96. The number of benzene rings is 2. The summed E-state index contributed by atoms with van der Waals surface area (Å²) in [6.45, 7) is 0. The van der Waals surface area contributed by atoms with Gasteiger partial charge >= 0.3 is 12.3 Å². The summed E-state index contributed by atoms with van der Waals surface area (Å²) in [5.41, 5.74) is 6.16. The highest BCUT2D eigenvalue weighted by molar-refractivity contribution is 9.10. The second kappa shape index (κ2) is 6.70. The highest BCUT2D eigenvalue weighted by Crippen LogP contribution is 2.37. The molecule has 0 fully saturated rings. The van der Waals surface area contributed by atoms with E-state index < -0.39 is 29.9 Å². The van der Waals surface area contributed by atoms with E-state index in [0.717, 1.165) is 12.1 Å². The number of ether oxygens (including phenoxy) is 1. The van der Waals surface area contributed by atoms with Crippen LogP contribution in [0.3, 0.4) is 0 Å². The van der Waals surface area contributed by atoms with E-state index in [0.29, 0.717) is 10.0 Å². The minimum Gasteiger partial charge on any atom is -0.507 e. The van der Waals surface area contributed by atoms with Crippen LogP contribution in [0.25, 0.3) is 0 Å². The predicted octanol–water partition coefficient (Wildman–Crippen LogP) is 3.80. The molecule has 0 aromatic heterocycles. The van der Waals surface area contributed by atoms with Crippen LogP contribution in [-0.2, 0) is 0 Å². The molecule has 0 spiro atoms. The molecule has 4 N–H and O–H groups in total. The first-order chi connectivity index (χ1) is 11.1. The van der Waals surface area contributed by atoms with Gasteiger partial charge in [0.15, 0.2) is 0 Å². The van der Waals surface area contributed by atoms with Crippen molar-refractivity contribution in [2.75, 3.05) is 0 Å². The number of phenols is 1. The van der Waals surface area contributed by atoms with Crippen LogP contribution in [0.5, 0.6) is 11.5 Å². The molecule has 0 bridgehead atoms. The predicted molar refractivity (Wildman–Crippen MR) is 81.9 cm³/mol. The minimum absolute atomic E-state index is 0.111. The minimum atomic E-state index is -4.80. The number of carboxylic acids is 1. The zero-order valence-corrected chi connectivity index (χ0v) is 13.4. The second-order valence-corrected chi connectivity index (χ2v) is 5.61. The maximum atomic E-state index is 12.1. The molecule has 2 aromatic rings. The van der Waals surface area contributed by atoms with Gasteiger partial charge in [-0.25, -0.2) is 4.79 Å². The van der Waals surface area contributed by atoms with Crippen molar-refractivity contribution < 1.29 is 32.9 Å². The summed E-state index contributed by atoms with van der Waals surface area (Å²) in [5.74, 6) is -2.26. The van der Waals surface area contributed by atoms with Crippen molar-refractivity contribution in [1.82, 2.24) is 0 Å². The van der Waals surface area contributed by atoms with E-state index in [2.05, 4.69) is 20.7 Å². The molecule has 0 saturated heterocycles. The molecule has 0 aliphatic rings. The summed E-state index contributed by atoms with van der Waals surface area (Å²) in [7, 11) is 0. The summed E-state index contributed by atoms with van der Waals surface area (Å²) in [5, 5.41) is 19.2. The third kappa shape index (κ3) is 3.98. The molecule has 5 nitrogen and oxygen atoms in total. The first-order valence-electron chi connectivity index (χ1n) is 6.46. The van der Waals surface area contributed by atoms with Crippen LogP contribution in [0.2, 0.25) is 0 Å². The lowest BCUT2D eigenvalue weighted by Gasteiger charge is -2.18. The van der Waals surface area contributed by atoms with Crippen molar-refractivity contribution in [1.29, 1.82) is 0 Å². The summed E-state index contributed by atoms with van der Waals surface area (Å²) in [6, 6.07) is 6.41. The molecule has 2 rings (SSSR count). The third-order valence-corrected chi connectivity index (χ3v) is 3.87. The fourth-order valence-corrected chi connectivity index (χ4v) is 2.66. The topological polar surface area (TPSA) is 92.8 Å². The Kier molecular flexibility index (Phi) is 5.05. The fourth-order valence-electron chi connectivity index (χ4n) is 2.10. The van der Waals surface area contributed by atoms with Crippen LogP contribution >= 0.6 is 15.9 Å². The maximum absolute atomic E-state index is 12.1. The monoisotopic (exact) mass is 405 g/mol. The molecule has 0 aliphatic carbocycles. The largest absolute Gasteiger partial charge is 0.573 e. The van der Waals surface area contributed by atoms with Gasteiger partial charge < -0.3 is 20.7 Å². The zero-order valence-electron chi connectivity index (χ0n) is 11.8. The van der Waals surface area contributed by atoms with E-state index in [9.17, 15) is 23.1 Å². The van der Waals surface area contributed by atoms with E-state index in [1.54, 1.807) is 0 Å². The lowest BCUT2D eigenvalue weighted by Crippen LogP contribution is -2.17. The van der Waals surface area contributed by atoms with Gasteiger partial charge in [0, 0.05) is 10.0 Å². The summed E-state index contributed by atoms with van der Waals surface area (Å²) < 4.78 is 40.6. The SMILES string of the molecule is N[C@@H](c1ccc(OC(F)(F)F)cc1)c1c(Br)ccc(C(=O)O)c1O. The molecule has 0 amide bonds. The highest BCUT2D eigenvalue weighted by Gasteiger charge is 2.31. The Bertz CT molecular complexity index is 763. The van der Waals surface area contributed by atoms with E-state index >= 15 is 0 Å². The number of rotatable bonds is 4. The van der Waals surface area contributed by atoms with Crippen LogP contribution in [-0.4, -0.2) is 22.5 Å². The van der Waals surface area contributed by atoms with Gasteiger partial charge in [0.1, 0.15) is 17.1 Å². The van der Waals surface area contributed by atoms with Gasteiger partial charge in [0.2, 0.25) is 0 Å². The van der Waals surface area contributed by atoms with Gasteiger partial charge in [-0.15, -0.1) is 13.2 Å². The van der Waals surface area contributed by atoms with Gasteiger partial charge in [-0.1, -0.05) is 28.1 Å². The first-order valence-corrected chi connectivity index (χ1v) is 7.25. The summed E-state index contributed by atoms with van der Waals surface area (Å²) >= 11 is 3.18. The Hall–Kier alpha value is -2.26. The zero-order chi connectivity index (χ0) is 18.1. The van der Waals surface area contributed by atoms with E-state index in [4.69, 9.17) is 10.8 Å². The molecule has 0 aliphatic heterocycles. The van der Waals surface area contributed by atoms with Gasteiger partial charge in [0.05, 0.1) is 6.04 Å². The molecule has 9 heteroatoms. The summed E-state index contributed by atoms with van der Waals surface area (Å²) in [6.07, 6.45) is -4.80. The molecular weight excluding hydrogens is 395 g/mol. The summed E-state index contributed by atoms with van der Waals surface area (Å²) in [4.78, 5) is 11.1. The smallest absolute Gasteiger partial charge is 0.507 e. The highest BCUT2D eigenvalue weighted by atomic mass is 79.9. The maximum Gasteiger partial charge on any atom is 0.573 e. The third-order valence-electron chi connectivity index (χ3n) is 3.18. The van der Waals surface area contributed by atoms with E-state index in [-0.39, 0.29) is 11.1 Å². The Morgan fingerprint density at radius 1 is 1.17 bits per heavy atom. The number of aromatic hydroxyl groups is 1. The molecule has 1 atom stereocenters. The normalized spacial score (nSPS) is 12.7. The van der Waals surface area contributed by atoms with Crippen LogP contribution in [0.4, 0.5) is 13.2 Å². The van der Waals surface area contributed by atoms with Gasteiger partial charge in [0.25, 0.3) is 0 Å². The average molecular weight is 406 g/mol. The molecule has 0 unspecified atom stereocenters. The number of aromatic carboxylic acids is 1. The van der Waals surface area contributed by atoms with Crippen molar-refractivity contribution in [3.8, 4) is 11.5 Å². The van der Waals surface area contributed by atoms with Crippen LogP contribution < -0.4 is 10.5 Å². The standard InChI is InChI=1S/C15H11BrF3NO4/c16-10-6-5-9(14(22)23)13(21)11(10)12(20)7-1-3-8(4-2-7)24-15(17,18)19/h1-6,12,21H,20H2,(H,22,23)/t12-/m0/s1. The Morgan fingerprint density at radius 3 is 2.25 bits per heavy atom. The Balaban J connectivity index is 2.37. The molecule has 0 saturated carbocycles. The van der Waals surface area contributed by atoms with Crippen LogP contribution in [0.15, 0.2) is 40.9 Å². The number of halogens is 4. The Morgan fingerprint density at radius 2 is 1.75 bits per heavy atom. The van der Waals surface area contributed by atoms with Crippen molar-refractivity contribution in [2.24, 2.45) is 5.73 Å². The van der Waals surface area contributed by atoms with Gasteiger partial charge in [-0.05, 0) is 29.8 Å². The number of carbonyl (C=O) groups is 1. The van der Waals surface area contributed by atoms with E-state index in [1.165, 1.54) is 24.3 Å². The second-order valence-electron chi connectivity index (χ2n) is 4.76. The lowest BCUT2D eigenvalue weighted by molar-refractivity contribution is -0.274. The molecule has 0 radical (unpaired) electrons. The first kappa shape index (κ1) is 18.1. The number of carboxylic acid groups (broad SMARTS) is 1. The van der Waals surface area contributed by atoms with Crippen molar-refractivity contribution >= 4 is 21.9 Å². The molecule has 24 heavy (non-hydrogen) atoms. The van der Waals surface area contributed by atoms with E-state index in [1.807, 2.05) is 0 Å². The van der Waals surface area contributed by atoms with Crippen LogP contribution in [0.1, 0.15) is 27.5 Å².